The Hall–Kier alpha value is -3.58. The molecule has 114 valence electrons. The third-order valence-electron chi connectivity index (χ3n) is 4.15. The maximum Gasteiger partial charge on any atom is 0.346 e. The van der Waals surface area contributed by atoms with Gasteiger partial charge in [-0.2, -0.15) is 5.26 Å². The lowest BCUT2D eigenvalue weighted by molar-refractivity contribution is 0.570. The zero-order chi connectivity index (χ0) is 16.7. The van der Waals surface area contributed by atoms with Crippen LogP contribution in [-0.2, 0) is 0 Å². The number of hydrogen-bond donors (Lipinski definition) is 1. The third kappa shape index (κ3) is 1.96. The van der Waals surface area contributed by atoms with Gasteiger partial charge in [0.05, 0.1) is 16.6 Å². The van der Waals surface area contributed by atoms with Crippen molar-refractivity contribution in [2.24, 2.45) is 0 Å². The predicted octanol–water partition coefficient (Wildman–Crippen LogP) is 4.07. The molecule has 2 N–H and O–H groups in total. The maximum absolute atomic E-state index is 12.4. The zero-order valence-corrected chi connectivity index (χ0v) is 12.6. The Morgan fingerprint density at radius 3 is 2.42 bits per heavy atom. The molecule has 0 aliphatic heterocycles. The lowest BCUT2D eigenvalue weighted by atomic mass is 9.93. The summed E-state index contributed by atoms with van der Waals surface area (Å²) < 4.78 is 5.36. The molecule has 0 bridgehead atoms. The number of rotatable bonds is 1. The van der Waals surface area contributed by atoms with Crippen molar-refractivity contribution in [2.75, 3.05) is 5.73 Å². The second kappa shape index (κ2) is 5.25. The minimum absolute atomic E-state index is 0.161. The topological polar surface area (TPSA) is 80.0 Å². The van der Waals surface area contributed by atoms with Gasteiger partial charge < -0.3 is 10.2 Å². The molecule has 1 heterocycles. The first-order valence-electron chi connectivity index (χ1n) is 7.44. The second-order valence-electron chi connectivity index (χ2n) is 5.50. The molecule has 0 saturated heterocycles. The van der Waals surface area contributed by atoms with Crippen molar-refractivity contribution in [3.8, 4) is 17.2 Å². The second-order valence-corrected chi connectivity index (χ2v) is 5.50. The Bertz CT molecular complexity index is 1190. The number of nitrogen functional groups attached to an aromatic ring is 1. The van der Waals surface area contributed by atoms with Gasteiger partial charge in [0, 0.05) is 16.3 Å². The van der Waals surface area contributed by atoms with Crippen LogP contribution in [-0.4, -0.2) is 0 Å². The molecular formula is C20H12N2O2. The van der Waals surface area contributed by atoms with Crippen molar-refractivity contribution < 1.29 is 4.42 Å². The third-order valence-corrected chi connectivity index (χ3v) is 4.15. The monoisotopic (exact) mass is 312 g/mol. The van der Waals surface area contributed by atoms with Gasteiger partial charge in [0.15, 0.2) is 0 Å². The largest absolute Gasteiger partial charge is 0.422 e. The van der Waals surface area contributed by atoms with E-state index in [1.807, 2.05) is 54.6 Å². The number of nitrogens with two attached hydrogens (primary N) is 1. The Morgan fingerprint density at radius 1 is 0.958 bits per heavy atom. The molecule has 4 rings (SSSR count). The molecule has 0 amide bonds. The normalized spacial score (nSPS) is 10.8. The summed E-state index contributed by atoms with van der Waals surface area (Å²) in [6.07, 6.45) is 0. The first-order valence-corrected chi connectivity index (χ1v) is 7.44. The number of fused-ring (bicyclic) bond motifs is 3. The van der Waals surface area contributed by atoms with Gasteiger partial charge in [-0.1, -0.05) is 48.5 Å². The molecular weight excluding hydrogens is 300 g/mol. The summed E-state index contributed by atoms with van der Waals surface area (Å²) in [7, 11) is 0. The molecule has 0 aliphatic rings. The van der Waals surface area contributed by atoms with E-state index in [0.717, 1.165) is 10.9 Å². The van der Waals surface area contributed by atoms with E-state index in [9.17, 15) is 10.1 Å². The number of nitrogens with zero attached hydrogens (tertiary/aromatic N) is 1. The standard InChI is InChI=1S/C20H12N2O2/c21-11-16-14(12-6-2-1-3-7-12)10-15-13-8-4-5-9-17(13)24-20(23)18(15)19(16)22/h1-10H,22H2. The highest BCUT2D eigenvalue weighted by atomic mass is 16.4. The fraction of sp³-hybridized carbons (Fsp3) is 0. The molecule has 24 heavy (non-hydrogen) atoms. The van der Waals surface area contributed by atoms with E-state index in [1.54, 1.807) is 6.07 Å². The molecule has 0 saturated carbocycles. The fourth-order valence-corrected chi connectivity index (χ4v) is 3.03. The summed E-state index contributed by atoms with van der Waals surface area (Å²) in [5.41, 5.74) is 8.18. The van der Waals surface area contributed by atoms with Gasteiger partial charge in [-0.3, -0.25) is 0 Å². The van der Waals surface area contributed by atoms with Gasteiger partial charge in [0.25, 0.3) is 0 Å². The average molecular weight is 312 g/mol. The van der Waals surface area contributed by atoms with Gasteiger partial charge >= 0.3 is 5.63 Å². The van der Waals surface area contributed by atoms with Crippen LogP contribution in [0, 0.1) is 11.3 Å². The summed E-state index contributed by atoms with van der Waals surface area (Å²) in [5.74, 6) is 0. The molecule has 4 heteroatoms. The van der Waals surface area contributed by atoms with Crippen molar-refractivity contribution in [1.29, 1.82) is 5.26 Å². The highest BCUT2D eigenvalue weighted by Crippen LogP contribution is 2.35. The number of hydrogen-bond acceptors (Lipinski definition) is 4. The van der Waals surface area contributed by atoms with Crippen molar-refractivity contribution in [1.82, 2.24) is 0 Å². The molecule has 1 aromatic heterocycles. The highest BCUT2D eigenvalue weighted by molar-refractivity contribution is 6.11. The van der Waals surface area contributed by atoms with E-state index in [-0.39, 0.29) is 16.6 Å². The van der Waals surface area contributed by atoms with E-state index >= 15 is 0 Å². The molecule has 0 radical (unpaired) electrons. The van der Waals surface area contributed by atoms with E-state index in [4.69, 9.17) is 10.2 Å². The first kappa shape index (κ1) is 14.0. The summed E-state index contributed by atoms with van der Waals surface area (Å²) in [5, 5.41) is 11.3. The number of nitriles is 1. The summed E-state index contributed by atoms with van der Waals surface area (Å²) in [6.45, 7) is 0. The fourth-order valence-electron chi connectivity index (χ4n) is 3.03. The number of benzene rings is 3. The molecule has 0 spiro atoms. The lowest BCUT2D eigenvalue weighted by Crippen LogP contribution is -2.06. The Kier molecular flexibility index (Phi) is 3.07. The lowest BCUT2D eigenvalue weighted by Gasteiger charge is -2.11. The molecule has 0 unspecified atom stereocenters. The molecule has 3 aromatic carbocycles. The van der Waals surface area contributed by atoms with Gasteiger partial charge in [0.1, 0.15) is 11.7 Å². The van der Waals surface area contributed by atoms with Gasteiger partial charge in [-0.15, -0.1) is 0 Å². The van der Waals surface area contributed by atoms with Crippen molar-refractivity contribution >= 4 is 27.4 Å². The Morgan fingerprint density at radius 2 is 1.67 bits per heavy atom. The Labute approximate surface area is 137 Å². The molecule has 0 atom stereocenters. The molecule has 0 fully saturated rings. The number of anilines is 1. The summed E-state index contributed by atoms with van der Waals surface area (Å²) >= 11 is 0. The Balaban J connectivity index is 2.25. The molecule has 0 aliphatic carbocycles. The summed E-state index contributed by atoms with van der Waals surface area (Å²) in [4.78, 5) is 12.4. The van der Waals surface area contributed by atoms with Gasteiger partial charge in [0.2, 0.25) is 0 Å². The van der Waals surface area contributed by atoms with E-state index in [2.05, 4.69) is 6.07 Å². The zero-order valence-electron chi connectivity index (χ0n) is 12.6. The van der Waals surface area contributed by atoms with Crippen molar-refractivity contribution in [2.45, 2.75) is 0 Å². The van der Waals surface area contributed by atoms with Crippen LogP contribution in [0.15, 0.2) is 69.9 Å². The molecule has 4 nitrogen and oxygen atoms in total. The SMILES string of the molecule is N#Cc1c(-c2ccccc2)cc2c(c1N)c(=O)oc1ccccc12. The van der Waals surface area contributed by atoms with Crippen LogP contribution >= 0.6 is 0 Å². The van der Waals surface area contributed by atoms with Crippen LogP contribution in [0.25, 0.3) is 32.9 Å². The van der Waals surface area contributed by atoms with E-state index in [0.29, 0.717) is 16.5 Å². The maximum atomic E-state index is 12.4. The van der Waals surface area contributed by atoms with Crippen LogP contribution < -0.4 is 11.4 Å². The van der Waals surface area contributed by atoms with Crippen LogP contribution in [0.4, 0.5) is 5.69 Å². The minimum Gasteiger partial charge on any atom is -0.422 e. The van der Waals surface area contributed by atoms with Crippen LogP contribution in [0.2, 0.25) is 0 Å². The van der Waals surface area contributed by atoms with E-state index < -0.39 is 5.63 Å². The predicted molar refractivity (Wildman–Crippen MR) is 94.6 cm³/mol. The minimum atomic E-state index is -0.530. The number of para-hydroxylation sites is 1. The smallest absolute Gasteiger partial charge is 0.346 e. The van der Waals surface area contributed by atoms with Crippen LogP contribution in [0.1, 0.15) is 5.56 Å². The van der Waals surface area contributed by atoms with E-state index in [1.165, 1.54) is 0 Å². The van der Waals surface area contributed by atoms with Crippen LogP contribution in [0.5, 0.6) is 0 Å². The summed E-state index contributed by atoms with van der Waals surface area (Å²) in [6, 6.07) is 20.8. The van der Waals surface area contributed by atoms with Crippen LogP contribution in [0.3, 0.4) is 0 Å². The van der Waals surface area contributed by atoms with Crippen molar-refractivity contribution in [3.63, 3.8) is 0 Å². The quantitative estimate of drug-likeness (QED) is 0.326. The average Bonchev–Trinajstić information content (AvgIpc) is 2.62. The highest BCUT2D eigenvalue weighted by Gasteiger charge is 2.17. The first-order chi connectivity index (χ1) is 11.7. The van der Waals surface area contributed by atoms with Gasteiger partial charge in [-0.05, 0) is 17.7 Å². The van der Waals surface area contributed by atoms with Crippen molar-refractivity contribution in [3.05, 3.63) is 76.6 Å². The van der Waals surface area contributed by atoms with Gasteiger partial charge in [-0.25, -0.2) is 4.79 Å². The molecule has 4 aromatic rings.